The van der Waals surface area contributed by atoms with Gasteiger partial charge in [0.1, 0.15) is 6.04 Å². The number of aromatic nitrogens is 1. The number of pyridine rings is 1. The fourth-order valence-corrected chi connectivity index (χ4v) is 1.64. The van der Waals surface area contributed by atoms with Crippen molar-refractivity contribution in [3.05, 3.63) is 36.2 Å². The largest absolute Gasteiger partial charge is 0.505 e. The number of fused-ring (bicyclic) bond motifs is 1. The molecule has 0 spiro atoms. The van der Waals surface area contributed by atoms with Gasteiger partial charge in [0, 0.05) is 17.0 Å². The minimum absolute atomic E-state index is 0.188. The number of aromatic hydroxyl groups is 1. The number of nitrogens with one attached hydrogen (secondary N) is 1. The fourth-order valence-electron chi connectivity index (χ4n) is 1.64. The summed E-state index contributed by atoms with van der Waals surface area (Å²) in [5.74, 6) is -2.14. The summed E-state index contributed by atoms with van der Waals surface area (Å²) >= 11 is 0. The molecule has 98 valence electrons. The Kier molecular flexibility index (Phi) is 3.33. The summed E-state index contributed by atoms with van der Waals surface area (Å²) in [6.45, 7) is 1.33. The number of carbonyl (C=O) groups is 2. The molecule has 6 heteroatoms. The summed E-state index contributed by atoms with van der Waals surface area (Å²) in [5, 5.41) is 22.2. The van der Waals surface area contributed by atoms with Crippen LogP contribution in [0.2, 0.25) is 0 Å². The fraction of sp³-hybridized carbons (Fsp3) is 0.154. The Labute approximate surface area is 108 Å². The average molecular weight is 260 g/mol. The van der Waals surface area contributed by atoms with E-state index in [1.54, 1.807) is 24.3 Å². The molecule has 1 unspecified atom stereocenters. The molecule has 0 fully saturated rings. The summed E-state index contributed by atoms with van der Waals surface area (Å²) in [6, 6.07) is 5.87. The molecule has 0 bridgehead atoms. The molecular weight excluding hydrogens is 248 g/mol. The lowest BCUT2D eigenvalue weighted by Gasteiger charge is -2.10. The van der Waals surface area contributed by atoms with E-state index in [0.29, 0.717) is 10.8 Å². The molecule has 1 amide bonds. The Hall–Kier alpha value is -2.63. The topological polar surface area (TPSA) is 99.5 Å². The van der Waals surface area contributed by atoms with E-state index in [2.05, 4.69) is 10.3 Å². The summed E-state index contributed by atoms with van der Waals surface area (Å²) in [4.78, 5) is 26.4. The first-order valence-corrected chi connectivity index (χ1v) is 5.61. The van der Waals surface area contributed by atoms with Gasteiger partial charge in [-0.2, -0.15) is 0 Å². The van der Waals surface area contributed by atoms with Gasteiger partial charge in [0.25, 0.3) is 5.91 Å². The molecule has 1 atom stereocenters. The summed E-state index contributed by atoms with van der Waals surface area (Å²) < 4.78 is 0. The van der Waals surface area contributed by atoms with E-state index in [4.69, 9.17) is 5.11 Å². The number of amides is 1. The smallest absolute Gasteiger partial charge is 0.325 e. The molecule has 19 heavy (non-hydrogen) atoms. The Balaban J connectivity index is 2.38. The lowest BCUT2D eigenvalue weighted by atomic mass is 10.1. The van der Waals surface area contributed by atoms with Crippen LogP contribution in [0.4, 0.5) is 0 Å². The van der Waals surface area contributed by atoms with Crippen LogP contribution in [0.1, 0.15) is 17.4 Å². The van der Waals surface area contributed by atoms with E-state index < -0.39 is 17.9 Å². The van der Waals surface area contributed by atoms with Crippen molar-refractivity contribution in [3.8, 4) is 5.75 Å². The highest BCUT2D eigenvalue weighted by molar-refractivity contribution is 6.02. The van der Waals surface area contributed by atoms with Gasteiger partial charge in [0.05, 0.1) is 0 Å². The lowest BCUT2D eigenvalue weighted by Crippen LogP contribution is -2.38. The molecule has 2 rings (SSSR count). The third kappa shape index (κ3) is 2.47. The van der Waals surface area contributed by atoms with Gasteiger partial charge in [0.15, 0.2) is 11.4 Å². The third-order valence-corrected chi connectivity index (χ3v) is 2.71. The van der Waals surface area contributed by atoms with Crippen molar-refractivity contribution >= 4 is 22.6 Å². The molecule has 0 aliphatic heterocycles. The summed E-state index contributed by atoms with van der Waals surface area (Å²) in [6.07, 6.45) is 1.45. The van der Waals surface area contributed by atoms with Crippen LogP contribution in [0.5, 0.6) is 5.75 Å². The number of rotatable bonds is 3. The van der Waals surface area contributed by atoms with E-state index >= 15 is 0 Å². The molecular formula is C13H12N2O4. The molecule has 0 aliphatic rings. The zero-order chi connectivity index (χ0) is 14.0. The molecule has 2 aromatic rings. The molecule has 0 radical (unpaired) electrons. The van der Waals surface area contributed by atoms with Gasteiger partial charge in [0.2, 0.25) is 0 Å². The van der Waals surface area contributed by atoms with Gasteiger partial charge in [-0.05, 0) is 6.92 Å². The van der Waals surface area contributed by atoms with E-state index in [1.165, 1.54) is 13.1 Å². The minimum atomic E-state index is -1.16. The number of benzene rings is 1. The number of hydrogen-bond acceptors (Lipinski definition) is 4. The van der Waals surface area contributed by atoms with Crippen molar-refractivity contribution in [2.45, 2.75) is 13.0 Å². The van der Waals surface area contributed by atoms with E-state index in [1.807, 2.05) is 0 Å². The molecule has 0 saturated carbocycles. The first kappa shape index (κ1) is 12.8. The van der Waals surface area contributed by atoms with Crippen LogP contribution in [0.3, 0.4) is 0 Å². The molecule has 1 heterocycles. The molecule has 0 saturated heterocycles. The Morgan fingerprint density at radius 1 is 1.32 bits per heavy atom. The standard InChI is InChI=1S/C13H12N2O4/c1-7(13(18)19)15-12(17)10-11(16)9-5-3-2-4-8(9)6-14-10/h2-7,16H,1H3,(H,15,17)(H,18,19). The maximum atomic E-state index is 11.8. The second-order valence-corrected chi connectivity index (χ2v) is 4.08. The van der Waals surface area contributed by atoms with Crippen LogP contribution in [-0.2, 0) is 4.79 Å². The number of aliphatic carboxylic acids is 1. The van der Waals surface area contributed by atoms with Crippen molar-refractivity contribution in [2.75, 3.05) is 0 Å². The van der Waals surface area contributed by atoms with Crippen molar-refractivity contribution in [1.29, 1.82) is 0 Å². The van der Waals surface area contributed by atoms with Gasteiger partial charge in [-0.1, -0.05) is 24.3 Å². The predicted octanol–water partition coefficient (Wildman–Crippen LogP) is 1.14. The van der Waals surface area contributed by atoms with E-state index in [0.717, 1.165) is 0 Å². The molecule has 3 N–H and O–H groups in total. The first-order chi connectivity index (χ1) is 9.00. The van der Waals surface area contributed by atoms with Crippen LogP contribution < -0.4 is 5.32 Å². The van der Waals surface area contributed by atoms with Crippen molar-refractivity contribution in [2.24, 2.45) is 0 Å². The number of hydrogen-bond donors (Lipinski definition) is 3. The van der Waals surface area contributed by atoms with Crippen molar-refractivity contribution < 1.29 is 19.8 Å². The zero-order valence-electron chi connectivity index (χ0n) is 10.1. The SMILES string of the molecule is CC(NC(=O)c1ncc2ccccc2c1O)C(=O)O. The second-order valence-electron chi connectivity index (χ2n) is 4.08. The van der Waals surface area contributed by atoms with Crippen molar-refractivity contribution in [3.63, 3.8) is 0 Å². The predicted molar refractivity (Wildman–Crippen MR) is 68.0 cm³/mol. The molecule has 0 aliphatic carbocycles. The van der Waals surface area contributed by atoms with Crippen LogP contribution in [0, 0.1) is 0 Å². The van der Waals surface area contributed by atoms with Crippen LogP contribution in [0.15, 0.2) is 30.5 Å². The number of nitrogens with zero attached hydrogens (tertiary/aromatic N) is 1. The van der Waals surface area contributed by atoms with Gasteiger partial charge in [-0.25, -0.2) is 4.98 Å². The monoisotopic (exact) mass is 260 g/mol. The van der Waals surface area contributed by atoms with Crippen molar-refractivity contribution in [1.82, 2.24) is 10.3 Å². The van der Waals surface area contributed by atoms with Gasteiger partial charge in [-0.3, -0.25) is 9.59 Å². The number of carboxylic acids is 1. The Bertz CT molecular complexity index is 654. The maximum Gasteiger partial charge on any atom is 0.325 e. The lowest BCUT2D eigenvalue weighted by molar-refractivity contribution is -0.138. The molecule has 1 aromatic heterocycles. The highest BCUT2D eigenvalue weighted by Crippen LogP contribution is 2.26. The van der Waals surface area contributed by atoms with E-state index in [9.17, 15) is 14.7 Å². The second kappa shape index (κ2) is 4.93. The van der Waals surface area contributed by atoms with Gasteiger partial charge >= 0.3 is 5.97 Å². The van der Waals surface area contributed by atoms with Crippen LogP contribution >= 0.6 is 0 Å². The summed E-state index contributed by atoms with van der Waals surface area (Å²) in [7, 11) is 0. The van der Waals surface area contributed by atoms with E-state index in [-0.39, 0.29) is 11.4 Å². The number of carbonyl (C=O) groups excluding carboxylic acids is 1. The Morgan fingerprint density at radius 2 is 2.00 bits per heavy atom. The highest BCUT2D eigenvalue weighted by atomic mass is 16.4. The minimum Gasteiger partial charge on any atom is -0.505 e. The van der Waals surface area contributed by atoms with Crippen LogP contribution in [-0.4, -0.2) is 33.1 Å². The van der Waals surface area contributed by atoms with Gasteiger partial charge < -0.3 is 15.5 Å². The summed E-state index contributed by atoms with van der Waals surface area (Å²) in [5.41, 5.74) is -0.188. The number of carboxylic acid groups (broad SMARTS) is 1. The first-order valence-electron chi connectivity index (χ1n) is 5.61. The maximum absolute atomic E-state index is 11.8. The third-order valence-electron chi connectivity index (χ3n) is 2.71. The van der Waals surface area contributed by atoms with Gasteiger partial charge in [-0.15, -0.1) is 0 Å². The highest BCUT2D eigenvalue weighted by Gasteiger charge is 2.20. The molecule has 6 nitrogen and oxygen atoms in total. The average Bonchev–Trinajstić information content (AvgIpc) is 2.39. The quantitative estimate of drug-likeness (QED) is 0.768. The zero-order valence-corrected chi connectivity index (χ0v) is 10.1. The molecule has 1 aromatic carbocycles. The van der Waals surface area contributed by atoms with Crippen LogP contribution in [0.25, 0.3) is 10.8 Å². The normalized spacial score (nSPS) is 12.1. The Morgan fingerprint density at radius 3 is 2.68 bits per heavy atom.